The van der Waals surface area contributed by atoms with E-state index in [1.54, 1.807) is 11.3 Å². The Labute approximate surface area is 146 Å². The lowest BCUT2D eigenvalue weighted by atomic mass is 9.90. The molecule has 1 aliphatic carbocycles. The van der Waals surface area contributed by atoms with Crippen molar-refractivity contribution in [3.8, 4) is 5.75 Å². The zero-order chi connectivity index (χ0) is 16.5. The van der Waals surface area contributed by atoms with Crippen molar-refractivity contribution in [2.45, 2.75) is 44.6 Å². The van der Waals surface area contributed by atoms with Gasteiger partial charge in [0.2, 0.25) is 5.91 Å². The summed E-state index contributed by atoms with van der Waals surface area (Å²) < 4.78 is 5.70. The molecule has 2 aromatic rings. The fraction of sp³-hybridized carbons (Fsp3) is 0.474. The van der Waals surface area contributed by atoms with Crippen LogP contribution < -0.4 is 10.1 Å². The Morgan fingerprint density at radius 3 is 2.96 bits per heavy atom. The number of aryl methyl sites for hydroxylation is 1. The number of amides is 1. The summed E-state index contributed by atoms with van der Waals surface area (Å²) >= 11 is 1.66. The van der Waals surface area contributed by atoms with Gasteiger partial charge < -0.3 is 10.1 Å². The van der Waals surface area contributed by atoms with Gasteiger partial charge in [-0.15, -0.1) is 11.3 Å². The van der Waals surface area contributed by atoms with Crippen LogP contribution >= 0.6 is 11.3 Å². The molecule has 0 spiro atoms. The molecule has 1 aliphatic heterocycles. The molecule has 4 rings (SSSR count). The average Bonchev–Trinajstić information content (AvgIpc) is 3.34. The third-order valence-corrected chi connectivity index (χ3v) is 5.87. The number of carbonyl (C=O) groups excluding carboxylic acids is 1. The molecule has 24 heavy (non-hydrogen) atoms. The Hall–Kier alpha value is -1.88. The third kappa shape index (κ3) is 3.31. The second kappa shape index (κ2) is 6.55. The Morgan fingerprint density at radius 1 is 1.38 bits per heavy atom. The molecule has 0 unspecified atom stereocenters. The minimum atomic E-state index is 0.0892. The first-order valence-corrected chi connectivity index (χ1v) is 9.52. The predicted octanol–water partition coefficient (Wildman–Crippen LogP) is 3.98. The fourth-order valence-corrected chi connectivity index (χ4v) is 4.35. The summed E-state index contributed by atoms with van der Waals surface area (Å²) in [5.41, 5.74) is 2.19. The van der Waals surface area contributed by atoms with E-state index in [9.17, 15) is 4.79 Å². The number of ether oxygens (including phenoxy) is 1. The van der Waals surface area contributed by atoms with Gasteiger partial charge in [-0.05, 0) is 49.7 Å². The number of thiazole rings is 1. The monoisotopic (exact) mass is 342 g/mol. The number of benzene rings is 1. The van der Waals surface area contributed by atoms with E-state index in [-0.39, 0.29) is 17.9 Å². The molecule has 1 aromatic heterocycles. The highest BCUT2D eigenvalue weighted by molar-refractivity contribution is 7.09. The van der Waals surface area contributed by atoms with Crippen LogP contribution in [0.1, 0.15) is 53.9 Å². The molecule has 2 heterocycles. The average molecular weight is 342 g/mol. The number of hydrogen-bond acceptors (Lipinski definition) is 4. The molecule has 2 aliphatic rings. The second-order valence-electron chi connectivity index (χ2n) is 6.79. The van der Waals surface area contributed by atoms with Gasteiger partial charge in [-0.1, -0.05) is 18.2 Å². The van der Waals surface area contributed by atoms with Crippen LogP contribution in [-0.2, 0) is 4.79 Å². The molecule has 0 radical (unpaired) electrons. The quantitative estimate of drug-likeness (QED) is 0.894. The highest BCUT2D eigenvalue weighted by Crippen LogP contribution is 2.42. The van der Waals surface area contributed by atoms with Crippen molar-refractivity contribution < 1.29 is 9.53 Å². The molecule has 1 aromatic carbocycles. The highest BCUT2D eigenvalue weighted by Gasteiger charge is 2.35. The lowest BCUT2D eigenvalue weighted by Crippen LogP contribution is -2.31. The van der Waals surface area contributed by atoms with Crippen molar-refractivity contribution in [1.82, 2.24) is 10.3 Å². The minimum absolute atomic E-state index is 0.0892. The molecular formula is C19H22N2O2S. The van der Waals surface area contributed by atoms with Crippen LogP contribution in [0.4, 0.5) is 0 Å². The number of rotatable bonds is 5. The van der Waals surface area contributed by atoms with E-state index in [1.165, 1.54) is 12.8 Å². The number of fused-ring (bicyclic) bond motifs is 1. The first-order chi connectivity index (χ1) is 11.7. The van der Waals surface area contributed by atoms with E-state index < -0.39 is 0 Å². The topological polar surface area (TPSA) is 51.2 Å². The Bertz CT molecular complexity index is 738. The lowest BCUT2D eigenvalue weighted by molar-refractivity contribution is -0.122. The highest BCUT2D eigenvalue weighted by atomic mass is 32.1. The van der Waals surface area contributed by atoms with Crippen LogP contribution in [-0.4, -0.2) is 17.5 Å². The van der Waals surface area contributed by atoms with Crippen LogP contribution in [0.5, 0.6) is 5.75 Å². The Kier molecular flexibility index (Phi) is 4.27. The van der Waals surface area contributed by atoms with E-state index in [4.69, 9.17) is 4.74 Å². The van der Waals surface area contributed by atoms with Crippen molar-refractivity contribution in [3.05, 3.63) is 45.9 Å². The summed E-state index contributed by atoms with van der Waals surface area (Å²) in [6.07, 6.45) is 3.79. The smallest absolute Gasteiger partial charge is 0.221 e. The van der Waals surface area contributed by atoms with Crippen molar-refractivity contribution in [2.24, 2.45) is 5.92 Å². The maximum atomic E-state index is 12.7. The largest absolute Gasteiger partial charge is 0.493 e. The second-order valence-corrected chi connectivity index (χ2v) is 7.68. The van der Waals surface area contributed by atoms with Crippen molar-refractivity contribution in [2.75, 3.05) is 6.61 Å². The van der Waals surface area contributed by atoms with Gasteiger partial charge in [0.1, 0.15) is 10.8 Å². The van der Waals surface area contributed by atoms with E-state index >= 15 is 0 Å². The predicted molar refractivity (Wildman–Crippen MR) is 94.4 cm³/mol. The molecule has 5 heteroatoms. The molecule has 4 nitrogen and oxygen atoms in total. The summed E-state index contributed by atoms with van der Waals surface area (Å²) in [7, 11) is 0. The summed E-state index contributed by atoms with van der Waals surface area (Å²) in [6.45, 7) is 2.69. The molecule has 2 atom stereocenters. The first-order valence-electron chi connectivity index (χ1n) is 8.64. The van der Waals surface area contributed by atoms with E-state index in [2.05, 4.69) is 21.7 Å². The van der Waals surface area contributed by atoms with Crippen LogP contribution in [0.25, 0.3) is 0 Å². The van der Waals surface area contributed by atoms with Crippen LogP contribution in [0.2, 0.25) is 0 Å². The van der Waals surface area contributed by atoms with Crippen molar-refractivity contribution in [3.63, 3.8) is 0 Å². The first kappa shape index (κ1) is 15.6. The van der Waals surface area contributed by atoms with Crippen LogP contribution in [0.15, 0.2) is 29.6 Å². The maximum Gasteiger partial charge on any atom is 0.221 e. The van der Waals surface area contributed by atoms with E-state index in [1.807, 2.05) is 25.1 Å². The van der Waals surface area contributed by atoms with Gasteiger partial charge in [-0.25, -0.2) is 4.98 Å². The minimum Gasteiger partial charge on any atom is -0.493 e. The molecule has 0 bridgehead atoms. The zero-order valence-electron chi connectivity index (χ0n) is 13.8. The number of carbonyl (C=O) groups is 1. The number of hydrogen-bond donors (Lipinski definition) is 1. The summed E-state index contributed by atoms with van der Waals surface area (Å²) in [4.78, 5) is 17.3. The normalized spacial score (nSPS) is 20.8. The lowest BCUT2D eigenvalue weighted by Gasteiger charge is -2.26. The molecule has 0 saturated heterocycles. The number of para-hydroxylation sites is 1. The molecule has 1 N–H and O–H groups in total. The van der Waals surface area contributed by atoms with Gasteiger partial charge in [-0.2, -0.15) is 0 Å². The van der Waals surface area contributed by atoms with Gasteiger partial charge in [0.15, 0.2) is 0 Å². The number of nitrogens with zero attached hydrogens (tertiary/aromatic N) is 1. The van der Waals surface area contributed by atoms with Gasteiger partial charge in [0.25, 0.3) is 0 Å². The van der Waals surface area contributed by atoms with Gasteiger partial charge >= 0.3 is 0 Å². The Morgan fingerprint density at radius 2 is 2.21 bits per heavy atom. The van der Waals surface area contributed by atoms with Gasteiger partial charge in [0.05, 0.1) is 12.6 Å². The van der Waals surface area contributed by atoms with Gasteiger partial charge in [-0.3, -0.25) is 4.79 Å². The molecule has 1 amide bonds. The summed E-state index contributed by atoms with van der Waals surface area (Å²) in [6, 6.07) is 8.16. The van der Waals surface area contributed by atoms with Crippen LogP contribution in [0, 0.1) is 12.8 Å². The molecule has 1 fully saturated rings. The van der Waals surface area contributed by atoms with Crippen LogP contribution in [0.3, 0.4) is 0 Å². The molecule has 126 valence electrons. The SMILES string of the molecule is Cc1csc([C@H](NC(=O)C[C@@H]2CCOc3ccccc32)C2CC2)n1. The van der Waals surface area contributed by atoms with Crippen molar-refractivity contribution in [1.29, 1.82) is 0 Å². The molecular weight excluding hydrogens is 320 g/mol. The fourth-order valence-electron chi connectivity index (χ4n) is 3.41. The third-order valence-electron chi connectivity index (χ3n) is 4.83. The number of aromatic nitrogens is 1. The Balaban J connectivity index is 1.45. The maximum absolute atomic E-state index is 12.7. The van der Waals surface area contributed by atoms with Crippen molar-refractivity contribution >= 4 is 17.2 Å². The summed E-state index contributed by atoms with van der Waals surface area (Å²) in [5.74, 6) is 1.85. The standard InChI is InChI=1S/C19H22N2O2S/c1-12-11-24-19(20-12)18(13-6-7-13)21-17(22)10-14-8-9-23-16-5-3-2-4-15(14)16/h2-5,11,13-14,18H,6-10H2,1H3,(H,21,22)/t14-,18+/m0/s1. The molecule has 1 saturated carbocycles. The van der Waals surface area contributed by atoms with Gasteiger partial charge in [0, 0.05) is 17.5 Å². The summed E-state index contributed by atoms with van der Waals surface area (Å²) in [5, 5.41) is 6.37. The number of nitrogens with one attached hydrogen (secondary N) is 1. The van der Waals surface area contributed by atoms with E-state index in [0.717, 1.165) is 28.4 Å². The zero-order valence-corrected chi connectivity index (χ0v) is 14.6. The van der Waals surface area contributed by atoms with E-state index in [0.29, 0.717) is 18.9 Å².